The molecule has 8 heteroatoms. The molecular formula is C23H18F3N3O2. The van der Waals surface area contributed by atoms with Crippen molar-refractivity contribution in [2.24, 2.45) is 0 Å². The summed E-state index contributed by atoms with van der Waals surface area (Å²) in [5.74, 6) is -0.0188. The summed E-state index contributed by atoms with van der Waals surface area (Å²) in [6.07, 6.45) is -0.914. The number of benzene rings is 2. The van der Waals surface area contributed by atoms with E-state index in [0.717, 1.165) is 23.3 Å². The molecule has 0 saturated heterocycles. The van der Waals surface area contributed by atoms with Crippen LogP contribution in [0.25, 0.3) is 16.9 Å². The van der Waals surface area contributed by atoms with Crippen LogP contribution >= 0.6 is 0 Å². The fourth-order valence-electron chi connectivity index (χ4n) is 3.28. The molecule has 0 saturated carbocycles. The van der Waals surface area contributed by atoms with Crippen molar-refractivity contribution in [3.05, 3.63) is 84.2 Å². The molecule has 0 fully saturated rings. The SMILES string of the molecule is COc1ccc(-c2cn3ccccc3n2)cc1NC(=O)Cc1cccc(C(F)(F)F)c1. The topological polar surface area (TPSA) is 55.6 Å². The number of anilines is 1. The fraction of sp³-hybridized carbons (Fsp3) is 0.130. The Morgan fingerprint density at radius 3 is 2.68 bits per heavy atom. The standard InChI is InChI=1S/C23H18F3N3O2/c1-31-20-9-8-16(19-14-29-10-3-2-7-21(29)27-19)13-18(20)28-22(30)12-15-5-4-6-17(11-15)23(24,25)26/h2-11,13-14H,12H2,1H3,(H,28,30). The summed E-state index contributed by atoms with van der Waals surface area (Å²) in [5.41, 5.74) is 2.14. The number of hydrogen-bond donors (Lipinski definition) is 1. The Labute approximate surface area is 176 Å². The van der Waals surface area contributed by atoms with Crippen molar-refractivity contribution in [1.82, 2.24) is 9.38 Å². The smallest absolute Gasteiger partial charge is 0.416 e. The number of carbonyl (C=O) groups excluding carboxylic acids is 1. The molecule has 0 radical (unpaired) electrons. The highest BCUT2D eigenvalue weighted by molar-refractivity contribution is 5.94. The molecule has 0 aliphatic heterocycles. The third kappa shape index (κ3) is 4.53. The zero-order valence-electron chi connectivity index (χ0n) is 16.5. The highest BCUT2D eigenvalue weighted by atomic mass is 19.4. The van der Waals surface area contributed by atoms with Crippen molar-refractivity contribution in [2.45, 2.75) is 12.6 Å². The molecule has 1 amide bonds. The van der Waals surface area contributed by atoms with E-state index in [1.165, 1.54) is 19.2 Å². The van der Waals surface area contributed by atoms with Crippen LogP contribution in [0.15, 0.2) is 73.1 Å². The first-order chi connectivity index (χ1) is 14.8. The van der Waals surface area contributed by atoms with Crippen molar-refractivity contribution in [2.75, 3.05) is 12.4 Å². The van der Waals surface area contributed by atoms with Gasteiger partial charge in [0, 0.05) is 18.0 Å². The van der Waals surface area contributed by atoms with Gasteiger partial charge in [0.25, 0.3) is 0 Å². The Bertz CT molecular complexity index is 1220. The lowest BCUT2D eigenvalue weighted by Gasteiger charge is -2.12. The molecule has 2 heterocycles. The number of carbonyl (C=O) groups is 1. The Morgan fingerprint density at radius 1 is 1.10 bits per heavy atom. The molecule has 158 valence electrons. The van der Waals surface area contributed by atoms with Crippen molar-refractivity contribution >= 4 is 17.2 Å². The number of nitrogens with zero attached hydrogens (tertiary/aromatic N) is 2. The first-order valence-electron chi connectivity index (χ1n) is 9.41. The van der Waals surface area contributed by atoms with Gasteiger partial charge in [-0.25, -0.2) is 4.98 Å². The maximum Gasteiger partial charge on any atom is 0.416 e. The van der Waals surface area contributed by atoms with E-state index in [2.05, 4.69) is 10.3 Å². The van der Waals surface area contributed by atoms with Crippen LogP contribution in [-0.4, -0.2) is 22.4 Å². The van der Waals surface area contributed by atoms with Crippen LogP contribution in [0.1, 0.15) is 11.1 Å². The van der Waals surface area contributed by atoms with Crippen LogP contribution in [0.4, 0.5) is 18.9 Å². The van der Waals surface area contributed by atoms with Crippen LogP contribution in [0.2, 0.25) is 0 Å². The molecule has 0 atom stereocenters. The molecule has 0 aliphatic carbocycles. The number of pyridine rings is 1. The van der Waals surface area contributed by atoms with E-state index in [9.17, 15) is 18.0 Å². The summed E-state index contributed by atoms with van der Waals surface area (Å²) in [6, 6.07) is 15.6. The molecule has 31 heavy (non-hydrogen) atoms. The summed E-state index contributed by atoms with van der Waals surface area (Å²) in [6.45, 7) is 0. The lowest BCUT2D eigenvalue weighted by molar-refractivity contribution is -0.137. The number of rotatable bonds is 5. The second-order valence-electron chi connectivity index (χ2n) is 6.93. The van der Waals surface area contributed by atoms with Gasteiger partial charge in [-0.1, -0.05) is 24.3 Å². The number of methoxy groups -OCH3 is 1. The first-order valence-corrected chi connectivity index (χ1v) is 9.41. The second-order valence-corrected chi connectivity index (χ2v) is 6.93. The molecular weight excluding hydrogens is 407 g/mol. The maximum absolute atomic E-state index is 12.9. The van der Waals surface area contributed by atoms with Crippen LogP contribution in [-0.2, 0) is 17.4 Å². The summed E-state index contributed by atoms with van der Waals surface area (Å²) in [5, 5.41) is 2.73. The monoisotopic (exact) mass is 425 g/mol. The lowest BCUT2D eigenvalue weighted by Crippen LogP contribution is -2.15. The molecule has 0 spiro atoms. The minimum atomic E-state index is -4.46. The van der Waals surface area contributed by atoms with Crippen LogP contribution < -0.4 is 10.1 Å². The van der Waals surface area contributed by atoms with Crippen molar-refractivity contribution < 1.29 is 22.7 Å². The molecule has 4 rings (SSSR count). The van der Waals surface area contributed by atoms with Gasteiger partial charge in [-0.2, -0.15) is 13.2 Å². The second kappa shape index (κ2) is 8.14. The molecule has 2 aromatic carbocycles. The first kappa shape index (κ1) is 20.5. The number of amides is 1. The van der Waals surface area contributed by atoms with Gasteiger partial charge in [-0.15, -0.1) is 0 Å². The van der Waals surface area contributed by atoms with Gasteiger partial charge in [0.2, 0.25) is 5.91 Å². The van der Waals surface area contributed by atoms with Crippen LogP contribution in [0.5, 0.6) is 5.75 Å². The van der Waals surface area contributed by atoms with E-state index in [1.54, 1.807) is 12.1 Å². The van der Waals surface area contributed by atoms with Gasteiger partial charge in [-0.3, -0.25) is 4.79 Å². The number of fused-ring (bicyclic) bond motifs is 1. The van der Waals surface area contributed by atoms with E-state index >= 15 is 0 Å². The molecule has 4 aromatic rings. The van der Waals surface area contributed by atoms with Crippen molar-refractivity contribution in [3.8, 4) is 17.0 Å². The van der Waals surface area contributed by atoms with Crippen molar-refractivity contribution in [1.29, 1.82) is 0 Å². The number of halogens is 3. The van der Waals surface area contributed by atoms with Crippen LogP contribution in [0, 0.1) is 0 Å². The van der Waals surface area contributed by atoms with Gasteiger partial charge < -0.3 is 14.5 Å². The third-order valence-electron chi connectivity index (χ3n) is 4.75. The molecule has 0 unspecified atom stereocenters. The zero-order chi connectivity index (χ0) is 22.0. The normalized spacial score (nSPS) is 11.5. The van der Waals surface area contributed by atoms with E-state index in [4.69, 9.17) is 4.74 Å². The number of alkyl halides is 3. The van der Waals surface area contributed by atoms with Crippen LogP contribution in [0.3, 0.4) is 0 Å². The lowest BCUT2D eigenvalue weighted by atomic mass is 10.1. The minimum Gasteiger partial charge on any atom is -0.495 e. The van der Waals surface area contributed by atoms with E-state index in [-0.39, 0.29) is 12.0 Å². The van der Waals surface area contributed by atoms with Gasteiger partial charge >= 0.3 is 6.18 Å². The number of nitrogens with one attached hydrogen (secondary N) is 1. The van der Waals surface area contributed by atoms with E-state index in [0.29, 0.717) is 17.1 Å². The molecule has 2 aromatic heterocycles. The van der Waals surface area contributed by atoms with Gasteiger partial charge in [0.15, 0.2) is 0 Å². The summed E-state index contributed by atoms with van der Waals surface area (Å²) < 4.78 is 45.9. The van der Waals surface area contributed by atoms with Gasteiger partial charge in [0.1, 0.15) is 11.4 Å². The molecule has 0 aliphatic rings. The van der Waals surface area contributed by atoms with E-state index in [1.807, 2.05) is 41.1 Å². The molecule has 5 nitrogen and oxygen atoms in total. The van der Waals surface area contributed by atoms with Gasteiger partial charge in [0.05, 0.1) is 30.5 Å². The van der Waals surface area contributed by atoms with Crippen molar-refractivity contribution in [3.63, 3.8) is 0 Å². The number of hydrogen-bond acceptors (Lipinski definition) is 3. The molecule has 1 N–H and O–H groups in total. The highest BCUT2D eigenvalue weighted by Gasteiger charge is 2.30. The Morgan fingerprint density at radius 2 is 1.94 bits per heavy atom. The summed E-state index contributed by atoms with van der Waals surface area (Å²) >= 11 is 0. The number of aromatic nitrogens is 2. The Hall–Kier alpha value is -3.81. The quantitative estimate of drug-likeness (QED) is 0.478. The zero-order valence-corrected chi connectivity index (χ0v) is 16.5. The fourth-order valence-corrected chi connectivity index (χ4v) is 3.28. The minimum absolute atomic E-state index is 0.203. The molecule has 0 bridgehead atoms. The summed E-state index contributed by atoms with van der Waals surface area (Å²) in [4.78, 5) is 17.1. The summed E-state index contributed by atoms with van der Waals surface area (Å²) in [7, 11) is 1.47. The largest absolute Gasteiger partial charge is 0.495 e. The highest BCUT2D eigenvalue weighted by Crippen LogP contribution is 2.31. The maximum atomic E-state index is 12.9. The predicted molar refractivity (Wildman–Crippen MR) is 111 cm³/mol. The average molecular weight is 425 g/mol. The average Bonchev–Trinajstić information content (AvgIpc) is 3.17. The number of ether oxygens (including phenoxy) is 1. The predicted octanol–water partition coefficient (Wildman–Crippen LogP) is 5.21. The van der Waals surface area contributed by atoms with E-state index < -0.39 is 17.6 Å². The number of imidazole rings is 1. The third-order valence-corrected chi connectivity index (χ3v) is 4.75. The van der Waals surface area contributed by atoms with Gasteiger partial charge in [-0.05, 0) is 42.0 Å². The Balaban J connectivity index is 1.57. The Kier molecular flexibility index (Phi) is 5.37.